The fraction of sp³-hybridized carbons (Fsp3) is 0.267. The number of aryl methyl sites for hydroxylation is 3. The van der Waals surface area contributed by atoms with Crippen LogP contribution in [0.1, 0.15) is 23.2 Å². The lowest BCUT2D eigenvalue weighted by Gasteiger charge is -2.14. The highest BCUT2D eigenvalue weighted by molar-refractivity contribution is 6.18. The molecule has 0 saturated heterocycles. The summed E-state index contributed by atoms with van der Waals surface area (Å²) in [5, 5.41) is 10.2. The zero-order valence-electron chi connectivity index (χ0n) is 11.8. The van der Waals surface area contributed by atoms with Crippen molar-refractivity contribution in [2.24, 2.45) is 12.1 Å². The van der Waals surface area contributed by atoms with Crippen molar-refractivity contribution in [3.8, 4) is 0 Å². The smallest absolute Gasteiger partial charge is 0.253 e. The summed E-state index contributed by atoms with van der Waals surface area (Å²) in [6.07, 6.45) is 2.15. The predicted molar refractivity (Wildman–Crippen MR) is 77.8 cm³/mol. The van der Waals surface area contributed by atoms with Crippen molar-refractivity contribution < 1.29 is 4.79 Å². The van der Waals surface area contributed by atoms with Crippen molar-refractivity contribution in [3.05, 3.63) is 47.3 Å². The van der Waals surface area contributed by atoms with Gasteiger partial charge in [-0.3, -0.25) is 9.48 Å². The number of carbonyl (C=O) groups excluding carboxylic acids is 1. The van der Waals surface area contributed by atoms with E-state index in [2.05, 4.69) is 16.3 Å². The van der Waals surface area contributed by atoms with Crippen LogP contribution in [0, 0.1) is 13.8 Å². The fourth-order valence-electron chi connectivity index (χ4n) is 2.37. The van der Waals surface area contributed by atoms with Gasteiger partial charge in [-0.1, -0.05) is 17.7 Å². The number of rotatable bonds is 2. The van der Waals surface area contributed by atoms with Gasteiger partial charge in [-0.15, -0.1) is 0 Å². The van der Waals surface area contributed by atoms with Gasteiger partial charge >= 0.3 is 0 Å². The summed E-state index contributed by atoms with van der Waals surface area (Å²) in [7, 11) is 1.85. The van der Waals surface area contributed by atoms with Crippen LogP contribution in [-0.4, -0.2) is 21.4 Å². The Morgan fingerprint density at radius 2 is 2.00 bits per heavy atom. The number of hydrogen-bond acceptors (Lipinski definition) is 3. The predicted octanol–water partition coefficient (Wildman–Crippen LogP) is 2.18. The summed E-state index contributed by atoms with van der Waals surface area (Å²) in [6, 6.07) is 7.85. The maximum Gasteiger partial charge on any atom is 0.253 e. The van der Waals surface area contributed by atoms with Crippen LogP contribution in [0.4, 0.5) is 5.69 Å². The minimum absolute atomic E-state index is 0.0161. The topological polar surface area (TPSA) is 50.5 Å². The van der Waals surface area contributed by atoms with E-state index in [1.165, 1.54) is 10.6 Å². The van der Waals surface area contributed by atoms with Crippen molar-refractivity contribution >= 4 is 17.3 Å². The van der Waals surface area contributed by atoms with Crippen LogP contribution >= 0.6 is 0 Å². The quantitative estimate of drug-likeness (QED) is 0.838. The lowest BCUT2D eigenvalue weighted by Crippen LogP contribution is -2.20. The van der Waals surface area contributed by atoms with Gasteiger partial charge in [0.2, 0.25) is 0 Å². The second kappa shape index (κ2) is 4.59. The Morgan fingerprint density at radius 1 is 1.20 bits per heavy atom. The Bertz CT molecular complexity index is 714. The molecule has 5 heteroatoms. The third-order valence-corrected chi connectivity index (χ3v) is 3.37. The van der Waals surface area contributed by atoms with E-state index in [9.17, 15) is 4.79 Å². The molecule has 102 valence electrons. The summed E-state index contributed by atoms with van der Waals surface area (Å²) < 4.78 is 1.71. The zero-order valence-corrected chi connectivity index (χ0v) is 11.8. The first kappa shape index (κ1) is 12.6. The molecule has 1 aliphatic rings. The monoisotopic (exact) mass is 268 g/mol. The second-order valence-electron chi connectivity index (χ2n) is 5.09. The number of hydrazone groups is 1. The number of anilines is 1. The number of hydrogen-bond donors (Lipinski definition) is 0. The highest BCUT2D eigenvalue weighted by atomic mass is 16.2. The van der Waals surface area contributed by atoms with Crippen LogP contribution in [0.5, 0.6) is 0 Å². The van der Waals surface area contributed by atoms with Gasteiger partial charge in [-0.2, -0.15) is 15.2 Å². The Labute approximate surface area is 117 Å². The molecule has 1 amide bonds. The summed E-state index contributed by atoms with van der Waals surface area (Å²) in [6.45, 7) is 4.02. The molecule has 0 radical (unpaired) electrons. The van der Waals surface area contributed by atoms with E-state index in [1.54, 1.807) is 4.68 Å². The molecule has 0 atom stereocenters. The van der Waals surface area contributed by atoms with Gasteiger partial charge in [0.25, 0.3) is 5.91 Å². The van der Waals surface area contributed by atoms with E-state index in [4.69, 9.17) is 0 Å². The normalized spacial score (nSPS) is 14.8. The molecule has 1 aliphatic heterocycles. The molecule has 0 saturated carbocycles. The third kappa shape index (κ3) is 2.11. The van der Waals surface area contributed by atoms with Crippen LogP contribution in [0.2, 0.25) is 0 Å². The van der Waals surface area contributed by atoms with Crippen LogP contribution in [0.3, 0.4) is 0 Å². The van der Waals surface area contributed by atoms with Gasteiger partial charge in [0.05, 0.1) is 17.8 Å². The molecular formula is C15H16N4O. The summed E-state index contributed by atoms with van der Waals surface area (Å²) in [5.41, 5.74) is 4.53. The minimum Gasteiger partial charge on any atom is -0.275 e. The Hall–Kier alpha value is -2.43. The van der Waals surface area contributed by atoms with E-state index < -0.39 is 0 Å². The van der Waals surface area contributed by atoms with E-state index >= 15 is 0 Å². The first-order valence-electron chi connectivity index (χ1n) is 6.52. The van der Waals surface area contributed by atoms with E-state index in [0.29, 0.717) is 6.42 Å². The van der Waals surface area contributed by atoms with Gasteiger partial charge in [-0.25, -0.2) is 0 Å². The number of benzene rings is 1. The van der Waals surface area contributed by atoms with Crippen molar-refractivity contribution in [2.45, 2.75) is 20.3 Å². The van der Waals surface area contributed by atoms with Crippen LogP contribution in [-0.2, 0) is 11.8 Å². The molecule has 5 nitrogen and oxygen atoms in total. The second-order valence-corrected chi connectivity index (χ2v) is 5.09. The number of amides is 1. The molecular weight excluding hydrogens is 252 g/mol. The van der Waals surface area contributed by atoms with E-state index in [0.717, 1.165) is 22.7 Å². The first-order valence-corrected chi connectivity index (χ1v) is 6.52. The van der Waals surface area contributed by atoms with Gasteiger partial charge in [0.1, 0.15) is 5.69 Å². The zero-order chi connectivity index (χ0) is 14.3. The van der Waals surface area contributed by atoms with E-state index in [-0.39, 0.29) is 5.91 Å². The highest BCUT2D eigenvalue weighted by Gasteiger charge is 2.28. The van der Waals surface area contributed by atoms with Crippen LogP contribution < -0.4 is 5.01 Å². The average Bonchev–Trinajstić information content (AvgIpc) is 2.96. The molecule has 0 fully saturated rings. The maximum absolute atomic E-state index is 12.2. The summed E-state index contributed by atoms with van der Waals surface area (Å²) in [4.78, 5) is 12.2. The van der Waals surface area contributed by atoms with E-state index in [1.807, 2.05) is 45.3 Å². The Morgan fingerprint density at radius 3 is 2.65 bits per heavy atom. The minimum atomic E-state index is -0.0161. The molecule has 0 spiro atoms. The van der Waals surface area contributed by atoms with Crippen molar-refractivity contribution in [1.82, 2.24) is 9.78 Å². The maximum atomic E-state index is 12.2. The largest absolute Gasteiger partial charge is 0.275 e. The van der Waals surface area contributed by atoms with Gasteiger partial charge in [-0.05, 0) is 31.5 Å². The number of aromatic nitrogens is 2. The molecule has 0 aliphatic carbocycles. The van der Waals surface area contributed by atoms with Crippen molar-refractivity contribution in [2.75, 3.05) is 5.01 Å². The summed E-state index contributed by atoms with van der Waals surface area (Å²) >= 11 is 0. The molecule has 20 heavy (non-hydrogen) atoms. The fourth-order valence-corrected chi connectivity index (χ4v) is 2.37. The number of carbonyl (C=O) groups is 1. The molecule has 2 aromatic rings. The standard InChI is InChI=1S/C15H16N4O/c1-10-4-5-14(11(2)8-10)19-15(20)9-13(17-19)12-6-7-18(3)16-12/h4-8H,9H2,1-3H3. The van der Waals surface area contributed by atoms with Gasteiger partial charge in [0.15, 0.2) is 0 Å². The molecule has 0 bridgehead atoms. The average molecular weight is 268 g/mol. The molecule has 3 rings (SSSR count). The number of nitrogens with zero attached hydrogens (tertiary/aromatic N) is 4. The Balaban J connectivity index is 1.98. The Kier molecular flexibility index (Phi) is 2.89. The van der Waals surface area contributed by atoms with Crippen LogP contribution in [0.15, 0.2) is 35.6 Å². The first-order chi connectivity index (χ1) is 9.54. The van der Waals surface area contributed by atoms with Crippen LogP contribution in [0.25, 0.3) is 0 Å². The molecule has 1 aromatic heterocycles. The van der Waals surface area contributed by atoms with Crippen molar-refractivity contribution in [3.63, 3.8) is 0 Å². The SMILES string of the molecule is Cc1ccc(N2N=C(c3ccn(C)n3)CC2=O)c(C)c1. The highest BCUT2D eigenvalue weighted by Crippen LogP contribution is 2.26. The summed E-state index contributed by atoms with van der Waals surface area (Å²) in [5.74, 6) is -0.0161. The third-order valence-electron chi connectivity index (χ3n) is 3.37. The molecule has 1 aromatic carbocycles. The lowest BCUT2D eigenvalue weighted by atomic mass is 10.1. The van der Waals surface area contributed by atoms with Gasteiger partial charge < -0.3 is 0 Å². The lowest BCUT2D eigenvalue weighted by molar-refractivity contribution is -0.116. The van der Waals surface area contributed by atoms with Crippen molar-refractivity contribution in [1.29, 1.82) is 0 Å². The molecule has 0 unspecified atom stereocenters. The van der Waals surface area contributed by atoms with Gasteiger partial charge in [0, 0.05) is 13.2 Å². The molecule has 2 heterocycles. The molecule has 0 N–H and O–H groups in total.